The van der Waals surface area contributed by atoms with Gasteiger partial charge in [-0.1, -0.05) is 6.07 Å². The van der Waals surface area contributed by atoms with Crippen molar-refractivity contribution < 1.29 is 4.79 Å². The first-order chi connectivity index (χ1) is 9.84. The van der Waals surface area contributed by atoms with Gasteiger partial charge in [0.15, 0.2) is 0 Å². The number of rotatable bonds is 4. The molecule has 0 atom stereocenters. The average Bonchev–Trinajstić information content (AvgIpc) is 3.00. The highest BCUT2D eigenvalue weighted by Gasteiger charge is 2.16. The predicted octanol–water partition coefficient (Wildman–Crippen LogP) is 3.32. The molecular formula is C15H19Cl2N3OS. The minimum Gasteiger partial charge on any atom is -0.385 e. The fourth-order valence-electron chi connectivity index (χ4n) is 2.48. The Labute approximate surface area is 146 Å². The summed E-state index contributed by atoms with van der Waals surface area (Å²) in [4.78, 5) is 16.5. The zero-order chi connectivity index (χ0) is 13.8. The molecule has 0 saturated heterocycles. The standard InChI is InChI=1S/C15H17N3OS.2ClH/c19-15(18-8-6-14-17-9-10-20-14)12-3-1-5-13-11(12)4-2-7-16-13;;/h1,3,5,9-10,16H,2,4,6-8H2,(H,18,19);2*1H. The average molecular weight is 360 g/mol. The first-order valence-corrected chi connectivity index (χ1v) is 7.75. The summed E-state index contributed by atoms with van der Waals surface area (Å²) in [6, 6.07) is 5.89. The Kier molecular flexibility index (Phi) is 7.65. The third kappa shape index (κ3) is 4.35. The number of fused-ring (bicyclic) bond motifs is 1. The number of nitrogens with one attached hydrogen (secondary N) is 2. The third-order valence-corrected chi connectivity index (χ3v) is 4.29. The second kappa shape index (κ2) is 8.98. The smallest absolute Gasteiger partial charge is 0.251 e. The van der Waals surface area contributed by atoms with Gasteiger partial charge in [0, 0.05) is 42.3 Å². The molecular weight excluding hydrogens is 341 g/mol. The molecule has 1 aromatic heterocycles. The van der Waals surface area contributed by atoms with Crippen LogP contribution in [0.2, 0.25) is 0 Å². The van der Waals surface area contributed by atoms with Gasteiger partial charge in [0.2, 0.25) is 0 Å². The topological polar surface area (TPSA) is 54.0 Å². The van der Waals surface area contributed by atoms with Gasteiger partial charge in [-0.05, 0) is 30.5 Å². The van der Waals surface area contributed by atoms with Crippen molar-refractivity contribution >= 4 is 47.7 Å². The van der Waals surface area contributed by atoms with Crippen molar-refractivity contribution in [1.82, 2.24) is 10.3 Å². The number of hydrogen-bond donors (Lipinski definition) is 2. The molecule has 120 valence electrons. The fourth-order valence-corrected chi connectivity index (χ4v) is 3.10. The lowest BCUT2D eigenvalue weighted by Gasteiger charge is -2.20. The summed E-state index contributed by atoms with van der Waals surface area (Å²) in [6.07, 6.45) is 4.63. The molecule has 0 radical (unpaired) electrons. The van der Waals surface area contributed by atoms with Crippen molar-refractivity contribution in [1.29, 1.82) is 0 Å². The van der Waals surface area contributed by atoms with E-state index in [1.54, 1.807) is 17.5 Å². The van der Waals surface area contributed by atoms with Gasteiger partial charge in [-0.25, -0.2) is 4.98 Å². The van der Waals surface area contributed by atoms with Crippen LogP contribution < -0.4 is 10.6 Å². The molecule has 0 spiro atoms. The summed E-state index contributed by atoms with van der Waals surface area (Å²) in [7, 11) is 0. The van der Waals surface area contributed by atoms with Crippen LogP contribution in [0.15, 0.2) is 29.8 Å². The first kappa shape index (κ1) is 18.7. The molecule has 0 saturated carbocycles. The van der Waals surface area contributed by atoms with Crippen LogP contribution in [0.1, 0.15) is 27.3 Å². The maximum atomic E-state index is 12.3. The van der Waals surface area contributed by atoms with Gasteiger partial charge in [-0.2, -0.15) is 0 Å². The lowest BCUT2D eigenvalue weighted by atomic mass is 9.97. The van der Waals surface area contributed by atoms with E-state index < -0.39 is 0 Å². The largest absolute Gasteiger partial charge is 0.385 e. The van der Waals surface area contributed by atoms with Gasteiger partial charge in [0.25, 0.3) is 5.91 Å². The molecule has 2 aromatic rings. The molecule has 2 heterocycles. The van der Waals surface area contributed by atoms with Crippen molar-refractivity contribution in [3.8, 4) is 0 Å². The number of aromatic nitrogens is 1. The molecule has 0 aliphatic carbocycles. The molecule has 7 heteroatoms. The van der Waals surface area contributed by atoms with Gasteiger partial charge >= 0.3 is 0 Å². The van der Waals surface area contributed by atoms with E-state index in [9.17, 15) is 4.79 Å². The number of benzene rings is 1. The number of amides is 1. The Morgan fingerprint density at radius 1 is 1.36 bits per heavy atom. The molecule has 0 fully saturated rings. The molecule has 1 aliphatic rings. The molecule has 1 amide bonds. The Hall–Kier alpha value is -1.30. The number of thiazole rings is 1. The summed E-state index contributed by atoms with van der Waals surface area (Å²) in [5.74, 6) is 0.0158. The number of halogens is 2. The molecule has 3 rings (SSSR count). The Morgan fingerprint density at radius 2 is 2.23 bits per heavy atom. The van der Waals surface area contributed by atoms with E-state index in [1.807, 2.05) is 23.6 Å². The molecule has 4 nitrogen and oxygen atoms in total. The third-order valence-electron chi connectivity index (χ3n) is 3.45. The maximum absolute atomic E-state index is 12.3. The lowest BCUT2D eigenvalue weighted by Crippen LogP contribution is -2.27. The lowest BCUT2D eigenvalue weighted by molar-refractivity contribution is 0.0953. The van der Waals surface area contributed by atoms with E-state index in [-0.39, 0.29) is 30.7 Å². The second-order valence-electron chi connectivity index (χ2n) is 4.79. The molecule has 2 N–H and O–H groups in total. The summed E-state index contributed by atoms with van der Waals surface area (Å²) in [5, 5.41) is 9.35. The van der Waals surface area contributed by atoms with Crippen molar-refractivity contribution in [3.63, 3.8) is 0 Å². The maximum Gasteiger partial charge on any atom is 0.251 e. The highest BCUT2D eigenvalue weighted by molar-refractivity contribution is 7.09. The molecule has 1 aromatic carbocycles. The monoisotopic (exact) mass is 359 g/mol. The minimum atomic E-state index is 0. The van der Waals surface area contributed by atoms with E-state index in [0.717, 1.165) is 47.6 Å². The van der Waals surface area contributed by atoms with E-state index in [2.05, 4.69) is 15.6 Å². The van der Waals surface area contributed by atoms with Crippen molar-refractivity contribution in [2.24, 2.45) is 0 Å². The first-order valence-electron chi connectivity index (χ1n) is 6.87. The second-order valence-corrected chi connectivity index (χ2v) is 5.77. The summed E-state index contributed by atoms with van der Waals surface area (Å²) >= 11 is 1.62. The van der Waals surface area contributed by atoms with Gasteiger partial charge < -0.3 is 10.6 Å². The van der Waals surface area contributed by atoms with Crippen LogP contribution in [-0.4, -0.2) is 24.0 Å². The zero-order valence-corrected chi connectivity index (χ0v) is 14.5. The van der Waals surface area contributed by atoms with Crippen molar-refractivity contribution in [2.75, 3.05) is 18.4 Å². The summed E-state index contributed by atoms with van der Waals surface area (Å²) in [5.41, 5.74) is 3.04. The van der Waals surface area contributed by atoms with E-state index in [0.29, 0.717) is 6.54 Å². The Morgan fingerprint density at radius 3 is 3.00 bits per heavy atom. The van der Waals surface area contributed by atoms with Gasteiger partial charge in [-0.15, -0.1) is 36.2 Å². The van der Waals surface area contributed by atoms with Crippen LogP contribution in [0.3, 0.4) is 0 Å². The highest BCUT2D eigenvalue weighted by Crippen LogP contribution is 2.25. The number of nitrogens with zero attached hydrogens (tertiary/aromatic N) is 1. The molecule has 0 bridgehead atoms. The van der Waals surface area contributed by atoms with Crippen LogP contribution >= 0.6 is 36.2 Å². The van der Waals surface area contributed by atoms with Crippen LogP contribution in [0.5, 0.6) is 0 Å². The Bertz CT molecular complexity index is 605. The fraction of sp³-hybridized carbons (Fsp3) is 0.333. The summed E-state index contributed by atoms with van der Waals surface area (Å²) < 4.78 is 0. The van der Waals surface area contributed by atoms with Crippen LogP contribution in [0.25, 0.3) is 0 Å². The minimum absolute atomic E-state index is 0. The number of carbonyl (C=O) groups excluding carboxylic acids is 1. The van der Waals surface area contributed by atoms with E-state index in [1.165, 1.54) is 0 Å². The van der Waals surface area contributed by atoms with E-state index in [4.69, 9.17) is 0 Å². The zero-order valence-electron chi connectivity index (χ0n) is 12.0. The quantitative estimate of drug-likeness (QED) is 0.880. The van der Waals surface area contributed by atoms with Crippen LogP contribution in [0, 0.1) is 0 Å². The number of carbonyl (C=O) groups is 1. The molecule has 1 aliphatic heterocycles. The van der Waals surface area contributed by atoms with Gasteiger partial charge in [-0.3, -0.25) is 4.79 Å². The van der Waals surface area contributed by atoms with Gasteiger partial charge in [0.1, 0.15) is 0 Å². The van der Waals surface area contributed by atoms with Crippen LogP contribution in [-0.2, 0) is 12.8 Å². The molecule has 22 heavy (non-hydrogen) atoms. The molecule has 0 unspecified atom stereocenters. The summed E-state index contributed by atoms with van der Waals surface area (Å²) in [6.45, 7) is 1.62. The number of hydrogen-bond acceptors (Lipinski definition) is 4. The highest BCUT2D eigenvalue weighted by atomic mass is 35.5. The van der Waals surface area contributed by atoms with Gasteiger partial charge in [0.05, 0.1) is 5.01 Å². The SMILES string of the molecule is Cl.Cl.O=C(NCCc1nccs1)c1cccc2c1CCCN2. The van der Waals surface area contributed by atoms with E-state index >= 15 is 0 Å². The normalized spacial score (nSPS) is 12.2. The van der Waals surface area contributed by atoms with Crippen molar-refractivity contribution in [3.05, 3.63) is 45.9 Å². The van der Waals surface area contributed by atoms with Crippen molar-refractivity contribution in [2.45, 2.75) is 19.3 Å². The van der Waals surface area contributed by atoms with Crippen LogP contribution in [0.4, 0.5) is 5.69 Å². The predicted molar refractivity (Wildman–Crippen MR) is 95.9 cm³/mol. The number of anilines is 1. The Balaban J connectivity index is 0.00000121.